The van der Waals surface area contributed by atoms with Gasteiger partial charge in [-0.05, 0) is 25.5 Å². The van der Waals surface area contributed by atoms with Gasteiger partial charge in [-0.25, -0.2) is 4.98 Å². The fraction of sp³-hybridized carbons (Fsp3) is 0.545. The number of aryl methyl sites for hydroxylation is 1. The summed E-state index contributed by atoms with van der Waals surface area (Å²) in [6.45, 7) is 4.10. The molecule has 0 aromatic carbocycles. The van der Waals surface area contributed by atoms with Crippen molar-refractivity contribution in [2.45, 2.75) is 25.9 Å². The van der Waals surface area contributed by atoms with Crippen LogP contribution in [0.3, 0.4) is 0 Å². The number of hydrogen-bond acceptors (Lipinski definition) is 3. The van der Waals surface area contributed by atoms with E-state index in [4.69, 9.17) is 4.74 Å². The molecule has 1 N–H and O–H groups in total. The minimum absolute atomic E-state index is 0.301. The third kappa shape index (κ3) is 2.23. The molecule has 0 amide bonds. The fourth-order valence-corrected chi connectivity index (χ4v) is 1.62. The Hall–Kier alpha value is -1.09. The molecule has 2 rings (SSSR count). The molecule has 0 spiro atoms. The van der Waals surface area contributed by atoms with Crippen molar-refractivity contribution in [2.75, 3.05) is 13.1 Å². The maximum atomic E-state index is 5.74. The van der Waals surface area contributed by atoms with Crippen LogP contribution in [0, 0.1) is 0 Å². The maximum absolute atomic E-state index is 5.74. The van der Waals surface area contributed by atoms with Crippen LogP contribution in [0.25, 0.3) is 0 Å². The Morgan fingerprint density at radius 2 is 2.50 bits per heavy atom. The van der Waals surface area contributed by atoms with E-state index in [1.807, 2.05) is 18.2 Å². The van der Waals surface area contributed by atoms with Crippen LogP contribution in [0.4, 0.5) is 0 Å². The zero-order valence-corrected chi connectivity index (χ0v) is 8.49. The van der Waals surface area contributed by atoms with Gasteiger partial charge in [-0.3, -0.25) is 0 Å². The van der Waals surface area contributed by atoms with E-state index in [0.717, 1.165) is 37.5 Å². The number of pyridine rings is 1. The van der Waals surface area contributed by atoms with Gasteiger partial charge in [0.25, 0.3) is 0 Å². The molecule has 1 aliphatic rings. The van der Waals surface area contributed by atoms with Crippen LogP contribution in [-0.4, -0.2) is 24.2 Å². The van der Waals surface area contributed by atoms with Crippen molar-refractivity contribution in [1.29, 1.82) is 0 Å². The van der Waals surface area contributed by atoms with Crippen LogP contribution in [0.5, 0.6) is 5.88 Å². The van der Waals surface area contributed by atoms with Gasteiger partial charge in [0, 0.05) is 18.3 Å². The number of nitrogens with zero attached hydrogens (tertiary/aromatic N) is 1. The van der Waals surface area contributed by atoms with Gasteiger partial charge >= 0.3 is 0 Å². The summed E-state index contributed by atoms with van der Waals surface area (Å²) in [4.78, 5) is 4.40. The molecule has 2 heterocycles. The van der Waals surface area contributed by atoms with Crippen molar-refractivity contribution in [3.8, 4) is 5.88 Å². The Morgan fingerprint density at radius 1 is 1.57 bits per heavy atom. The smallest absolute Gasteiger partial charge is 0.213 e. The summed E-state index contributed by atoms with van der Waals surface area (Å²) >= 11 is 0. The molecule has 1 aromatic heterocycles. The third-order valence-corrected chi connectivity index (χ3v) is 2.45. The number of nitrogens with one attached hydrogen (secondary N) is 1. The van der Waals surface area contributed by atoms with Crippen LogP contribution in [0.1, 0.15) is 19.0 Å². The van der Waals surface area contributed by atoms with E-state index in [1.54, 1.807) is 0 Å². The molecule has 1 saturated heterocycles. The SMILES string of the molecule is CCc1cccc(OC2CCNC2)n1. The quantitative estimate of drug-likeness (QED) is 0.785. The molecule has 1 aromatic rings. The lowest BCUT2D eigenvalue weighted by molar-refractivity contribution is 0.213. The number of hydrogen-bond donors (Lipinski definition) is 1. The minimum atomic E-state index is 0.301. The van der Waals surface area contributed by atoms with E-state index in [1.165, 1.54) is 0 Å². The molecule has 0 aliphatic carbocycles. The summed E-state index contributed by atoms with van der Waals surface area (Å²) in [7, 11) is 0. The molecule has 0 bridgehead atoms. The maximum Gasteiger partial charge on any atom is 0.213 e. The molecular formula is C11H16N2O. The summed E-state index contributed by atoms with van der Waals surface area (Å²) in [5, 5.41) is 3.27. The Labute approximate surface area is 84.5 Å². The van der Waals surface area contributed by atoms with Gasteiger partial charge in [-0.1, -0.05) is 13.0 Å². The normalized spacial score (nSPS) is 21.1. The molecule has 1 atom stereocenters. The van der Waals surface area contributed by atoms with Gasteiger partial charge in [-0.2, -0.15) is 0 Å². The zero-order chi connectivity index (χ0) is 9.80. The van der Waals surface area contributed by atoms with Crippen LogP contribution >= 0.6 is 0 Å². The average Bonchev–Trinajstić information content (AvgIpc) is 2.71. The predicted octanol–water partition coefficient (Wildman–Crippen LogP) is 1.38. The molecule has 3 nitrogen and oxygen atoms in total. The van der Waals surface area contributed by atoms with E-state index in [0.29, 0.717) is 6.10 Å². The molecular weight excluding hydrogens is 176 g/mol. The van der Waals surface area contributed by atoms with Gasteiger partial charge in [0.2, 0.25) is 5.88 Å². The van der Waals surface area contributed by atoms with Crippen molar-refractivity contribution in [1.82, 2.24) is 10.3 Å². The molecule has 3 heteroatoms. The largest absolute Gasteiger partial charge is 0.473 e. The second-order valence-electron chi connectivity index (χ2n) is 3.55. The number of aromatic nitrogens is 1. The number of rotatable bonds is 3. The predicted molar refractivity (Wildman–Crippen MR) is 55.5 cm³/mol. The summed E-state index contributed by atoms with van der Waals surface area (Å²) in [6, 6.07) is 5.96. The molecule has 1 fully saturated rings. The van der Waals surface area contributed by atoms with Crippen molar-refractivity contribution >= 4 is 0 Å². The highest BCUT2D eigenvalue weighted by Crippen LogP contribution is 2.12. The highest BCUT2D eigenvalue weighted by molar-refractivity contribution is 5.16. The van der Waals surface area contributed by atoms with E-state index < -0.39 is 0 Å². The van der Waals surface area contributed by atoms with Crippen molar-refractivity contribution in [3.63, 3.8) is 0 Å². The zero-order valence-electron chi connectivity index (χ0n) is 8.49. The van der Waals surface area contributed by atoms with Gasteiger partial charge in [-0.15, -0.1) is 0 Å². The lowest BCUT2D eigenvalue weighted by Crippen LogP contribution is -2.20. The Bertz CT molecular complexity index is 295. The molecule has 0 saturated carbocycles. The van der Waals surface area contributed by atoms with Gasteiger partial charge in [0.1, 0.15) is 6.10 Å². The molecule has 14 heavy (non-hydrogen) atoms. The van der Waals surface area contributed by atoms with Crippen LogP contribution in [-0.2, 0) is 6.42 Å². The summed E-state index contributed by atoms with van der Waals surface area (Å²) in [6.07, 6.45) is 2.34. The van der Waals surface area contributed by atoms with E-state index in [-0.39, 0.29) is 0 Å². The second-order valence-corrected chi connectivity index (χ2v) is 3.55. The third-order valence-electron chi connectivity index (χ3n) is 2.45. The molecule has 1 unspecified atom stereocenters. The van der Waals surface area contributed by atoms with E-state index in [9.17, 15) is 0 Å². The van der Waals surface area contributed by atoms with Gasteiger partial charge in [0.15, 0.2) is 0 Å². The lowest BCUT2D eigenvalue weighted by Gasteiger charge is -2.11. The lowest BCUT2D eigenvalue weighted by atomic mass is 10.3. The Balaban J connectivity index is 2.00. The monoisotopic (exact) mass is 192 g/mol. The second kappa shape index (κ2) is 4.42. The Morgan fingerprint density at radius 3 is 3.21 bits per heavy atom. The first-order chi connectivity index (χ1) is 6.88. The van der Waals surface area contributed by atoms with Crippen molar-refractivity contribution < 1.29 is 4.74 Å². The van der Waals surface area contributed by atoms with E-state index >= 15 is 0 Å². The summed E-state index contributed by atoms with van der Waals surface area (Å²) in [5.74, 6) is 0.762. The van der Waals surface area contributed by atoms with Crippen LogP contribution in [0.15, 0.2) is 18.2 Å². The first kappa shape index (κ1) is 9.46. The average molecular weight is 192 g/mol. The molecule has 0 radical (unpaired) electrons. The van der Waals surface area contributed by atoms with E-state index in [2.05, 4.69) is 17.2 Å². The van der Waals surface area contributed by atoms with Crippen molar-refractivity contribution in [2.24, 2.45) is 0 Å². The van der Waals surface area contributed by atoms with Crippen molar-refractivity contribution in [3.05, 3.63) is 23.9 Å². The topological polar surface area (TPSA) is 34.1 Å². The summed E-state index contributed by atoms with van der Waals surface area (Å²) in [5.41, 5.74) is 1.09. The standard InChI is InChI=1S/C11H16N2O/c1-2-9-4-3-5-11(13-9)14-10-6-7-12-8-10/h3-5,10,12H,2,6-8H2,1H3. The molecule has 1 aliphatic heterocycles. The number of ether oxygens (including phenoxy) is 1. The highest BCUT2D eigenvalue weighted by atomic mass is 16.5. The molecule has 76 valence electrons. The Kier molecular flexibility index (Phi) is 2.99. The first-order valence-electron chi connectivity index (χ1n) is 5.22. The summed E-state index contributed by atoms with van der Waals surface area (Å²) < 4.78 is 5.74. The fourth-order valence-electron chi connectivity index (χ4n) is 1.62. The van der Waals surface area contributed by atoms with Crippen LogP contribution < -0.4 is 10.1 Å². The minimum Gasteiger partial charge on any atom is -0.473 e. The first-order valence-corrected chi connectivity index (χ1v) is 5.22. The van der Waals surface area contributed by atoms with Gasteiger partial charge < -0.3 is 10.1 Å². The van der Waals surface area contributed by atoms with Gasteiger partial charge in [0.05, 0.1) is 0 Å². The van der Waals surface area contributed by atoms with Crippen LogP contribution in [0.2, 0.25) is 0 Å². The highest BCUT2D eigenvalue weighted by Gasteiger charge is 2.16.